The van der Waals surface area contributed by atoms with Gasteiger partial charge in [0.15, 0.2) is 11.5 Å². The average Bonchev–Trinajstić information content (AvgIpc) is 2.40. The average molecular weight is 303 g/mol. The van der Waals surface area contributed by atoms with E-state index in [9.17, 15) is 15.0 Å². The number of hydrogen-bond donors (Lipinski definition) is 4. The molecule has 20 heavy (non-hydrogen) atoms. The van der Waals surface area contributed by atoms with Crippen LogP contribution in [0.3, 0.4) is 0 Å². The number of hydrogen-bond acceptors (Lipinski definition) is 4. The molecule has 0 bridgehead atoms. The van der Waals surface area contributed by atoms with Crippen molar-refractivity contribution < 1.29 is 15.0 Å². The van der Waals surface area contributed by atoms with E-state index in [1.54, 1.807) is 6.07 Å². The highest BCUT2D eigenvalue weighted by Gasteiger charge is 2.18. The molecule has 0 saturated carbocycles. The van der Waals surface area contributed by atoms with Crippen LogP contribution in [0.5, 0.6) is 11.5 Å². The third-order valence-electron chi connectivity index (χ3n) is 3.31. The lowest BCUT2D eigenvalue weighted by atomic mass is 9.99. The Morgan fingerprint density at radius 2 is 2.00 bits per heavy atom. The second-order valence-electron chi connectivity index (χ2n) is 4.78. The van der Waals surface area contributed by atoms with E-state index in [0.29, 0.717) is 13.0 Å². The van der Waals surface area contributed by atoms with Crippen LogP contribution in [0.15, 0.2) is 18.2 Å². The Morgan fingerprint density at radius 3 is 2.55 bits per heavy atom. The largest absolute Gasteiger partial charge is 0.504 e. The van der Waals surface area contributed by atoms with Gasteiger partial charge in [0.25, 0.3) is 0 Å². The summed E-state index contributed by atoms with van der Waals surface area (Å²) in [5.41, 5.74) is 6.65. The van der Waals surface area contributed by atoms with Gasteiger partial charge in [-0.25, -0.2) is 0 Å². The SMILES string of the molecule is CC[C@H](C)[C@H](N)C(=O)NCCc1ccc(O)c(O)c1.Cl. The summed E-state index contributed by atoms with van der Waals surface area (Å²) < 4.78 is 0. The summed E-state index contributed by atoms with van der Waals surface area (Å²) in [7, 11) is 0. The first-order valence-electron chi connectivity index (χ1n) is 6.49. The fourth-order valence-electron chi connectivity index (χ4n) is 1.68. The summed E-state index contributed by atoms with van der Waals surface area (Å²) >= 11 is 0. The van der Waals surface area contributed by atoms with Crippen molar-refractivity contribution in [2.45, 2.75) is 32.7 Å². The molecule has 0 unspecified atom stereocenters. The number of rotatable bonds is 6. The van der Waals surface area contributed by atoms with E-state index in [1.807, 2.05) is 13.8 Å². The van der Waals surface area contributed by atoms with Crippen molar-refractivity contribution in [3.63, 3.8) is 0 Å². The molecule has 0 aliphatic carbocycles. The van der Waals surface area contributed by atoms with E-state index < -0.39 is 6.04 Å². The normalized spacial score (nSPS) is 13.2. The number of benzene rings is 1. The Kier molecular flexibility index (Phi) is 8.03. The summed E-state index contributed by atoms with van der Waals surface area (Å²) in [5.74, 6) is -0.304. The smallest absolute Gasteiger partial charge is 0.237 e. The zero-order valence-corrected chi connectivity index (χ0v) is 12.6. The molecule has 6 heteroatoms. The van der Waals surface area contributed by atoms with Crippen molar-refractivity contribution in [3.05, 3.63) is 23.8 Å². The monoisotopic (exact) mass is 302 g/mol. The summed E-state index contributed by atoms with van der Waals surface area (Å²) in [6, 6.07) is 4.13. The molecular formula is C14H23ClN2O3. The molecule has 0 spiro atoms. The molecule has 1 aromatic carbocycles. The third-order valence-corrected chi connectivity index (χ3v) is 3.31. The second-order valence-corrected chi connectivity index (χ2v) is 4.78. The first-order valence-corrected chi connectivity index (χ1v) is 6.49. The van der Waals surface area contributed by atoms with Gasteiger partial charge in [0.2, 0.25) is 5.91 Å². The van der Waals surface area contributed by atoms with Crippen molar-refractivity contribution in [3.8, 4) is 11.5 Å². The molecule has 1 aromatic rings. The minimum atomic E-state index is -0.488. The Morgan fingerprint density at radius 1 is 1.35 bits per heavy atom. The third kappa shape index (κ3) is 5.27. The fourth-order valence-corrected chi connectivity index (χ4v) is 1.68. The predicted octanol–water partition coefficient (Wildman–Crippen LogP) is 1.55. The molecule has 1 amide bonds. The molecule has 0 radical (unpaired) electrons. The molecule has 0 aliphatic heterocycles. The van der Waals surface area contributed by atoms with Crippen LogP contribution in [0, 0.1) is 5.92 Å². The molecule has 0 aliphatic rings. The van der Waals surface area contributed by atoms with Gasteiger partial charge in [-0.3, -0.25) is 4.79 Å². The number of carbonyl (C=O) groups excluding carboxylic acids is 1. The van der Waals surface area contributed by atoms with Gasteiger partial charge in [0.1, 0.15) is 0 Å². The number of nitrogens with one attached hydrogen (secondary N) is 1. The Balaban J connectivity index is 0.00000361. The maximum atomic E-state index is 11.7. The summed E-state index contributed by atoms with van der Waals surface area (Å²) in [6.45, 7) is 4.40. The lowest BCUT2D eigenvalue weighted by molar-refractivity contribution is -0.123. The fraction of sp³-hybridized carbons (Fsp3) is 0.500. The van der Waals surface area contributed by atoms with Crippen LogP contribution in [0.25, 0.3) is 0 Å². The van der Waals surface area contributed by atoms with Crippen LogP contribution in [0.4, 0.5) is 0 Å². The van der Waals surface area contributed by atoms with Gasteiger partial charge in [0.05, 0.1) is 6.04 Å². The van der Waals surface area contributed by atoms with E-state index in [0.717, 1.165) is 12.0 Å². The van der Waals surface area contributed by atoms with Crippen molar-refractivity contribution in [2.75, 3.05) is 6.54 Å². The van der Waals surface area contributed by atoms with E-state index in [4.69, 9.17) is 5.73 Å². The van der Waals surface area contributed by atoms with Gasteiger partial charge in [0, 0.05) is 6.54 Å². The molecule has 0 saturated heterocycles. The maximum Gasteiger partial charge on any atom is 0.237 e. The number of phenols is 2. The number of nitrogens with two attached hydrogens (primary N) is 1. The minimum absolute atomic E-state index is 0. The highest BCUT2D eigenvalue weighted by Crippen LogP contribution is 2.24. The van der Waals surface area contributed by atoms with Crippen LogP contribution in [-0.4, -0.2) is 28.7 Å². The zero-order valence-electron chi connectivity index (χ0n) is 11.8. The van der Waals surface area contributed by atoms with Gasteiger partial charge in [-0.1, -0.05) is 26.3 Å². The second kappa shape index (κ2) is 8.66. The molecule has 1 rings (SSSR count). The van der Waals surface area contributed by atoms with Crippen LogP contribution in [0.2, 0.25) is 0 Å². The first-order chi connectivity index (χ1) is 8.95. The molecule has 114 valence electrons. The molecule has 2 atom stereocenters. The number of aromatic hydroxyl groups is 2. The van der Waals surface area contributed by atoms with Crippen molar-refractivity contribution in [1.29, 1.82) is 0 Å². The quantitative estimate of drug-likeness (QED) is 0.600. The molecular weight excluding hydrogens is 280 g/mol. The van der Waals surface area contributed by atoms with E-state index in [-0.39, 0.29) is 35.7 Å². The highest BCUT2D eigenvalue weighted by molar-refractivity contribution is 5.85. The molecule has 0 fully saturated rings. The first kappa shape index (κ1) is 18.5. The highest BCUT2D eigenvalue weighted by atomic mass is 35.5. The van der Waals surface area contributed by atoms with Gasteiger partial charge in [-0.15, -0.1) is 12.4 Å². The van der Waals surface area contributed by atoms with Gasteiger partial charge < -0.3 is 21.3 Å². The molecule has 5 N–H and O–H groups in total. The Labute approximate surface area is 125 Å². The van der Waals surface area contributed by atoms with Crippen LogP contribution in [-0.2, 0) is 11.2 Å². The van der Waals surface area contributed by atoms with Gasteiger partial charge in [-0.2, -0.15) is 0 Å². The summed E-state index contributed by atoms with van der Waals surface area (Å²) in [4.78, 5) is 11.7. The van der Waals surface area contributed by atoms with Gasteiger partial charge in [-0.05, 0) is 30.0 Å². The summed E-state index contributed by atoms with van der Waals surface area (Å²) in [5, 5.41) is 21.3. The predicted molar refractivity (Wildman–Crippen MR) is 81.2 cm³/mol. The topological polar surface area (TPSA) is 95.6 Å². The minimum Gasteiger partial charge on any atom is -0.504 e. The van der Waals surface area contributed by atoms with Crippen molar-refractivity contribution >= 4 is 18.3 Å². The van der Waals surface area contributed by atoms with Crippen LogP contribution >= 0.6 is 12.4 Å². The Bertz CT molecular complexity index is 440. The number of phenolic OH excluding ortho intramolecular Hbond substituents is 2. The molecule has 0 heterocycles. The number of amides is 1. The van der Waals surface area contributed by atoms with Crippen molar-refractivity contribution in [1.82, 2.24) is 5.32 Å². The Hall–Kier alpha value is -1.46. The maximum absolute atomic E-state index is 11.7. The van der Waals surface area contributed by atoms with Gasteiger partial charge >= 0.3 is 0 Å². The number of halogens is 1. The van der Waals surface area contributed by atoms with E-state index >= 15 is 0 Å². The van der Waals surface area contributed by atoms with Crippen LogP contribution < -0.4 is 11.1 Å². The van der Waals surface area contributed by atoms with Crippen molar-refractivity contribution in [2.24, 2.45) is 11.7 Å². The lowest BCUT2D eigenvalue weighted by Crippen LogP contribution is -2.45. The molecule has 0 aromatic heterocycles. The molecule has 5 nitrogen and oxygen atoms in total. The van der Waals surface area contributed by atoms with E-state index in [2.05, 4.69) is 5.32 Å². The van der Waals surface area contributed by atoms with Crippen LogP contribution in [0.1, 0.15) is 25.8 Å². The number of carbonyl (C=O) groups is 1. The standard InChI is InChI=1S/C14H22N2O3.ClH/c1-3-9(2)13(15)14(19)16-7-6-10-4-5-11(17)12(18)8-10;/h4-5,8-9,13,17-18H,3,6-7,15H2,1-2H3,(H,16,19);1H/t9-,13-;/m0./s1. The van der Waals surface area contributed by atoms with E-state index in [1.165, 1.54) is 12.1 Å². The summed E-state index contributed by atoms with van der Waals surface area (Å²) in [6.07, 6.45) is 1.44. The zero-order chi connectivity index (χ0) is 14.4. The lowest BCUT2D eigenvalue weighted by Gasteiger charge is -2.17.